The Hall–Kier alpha value is -3.80. The van der Waals surface area contributed by atoms with Crippen molar-refractivity contribution in [3.63, 3.8) is 0 Å². The van der Waals surface area contributed by atoms with E-state index in [1.165, 1.54) is 12.1 Å². The van der Waals surface area contributed by atoms with E-state index in [2.05, 4.69) is 15.4 Å². The summed E-state index contributed by atoms with van der Waals surface area (Å²) in [5.41, 5.74) is 6.32. The van der Waals surface area contributed by atoms with Crippen LogP contribution < -0.4 is 5.32 Å². The molecule has 0 radical (unpaired) electrons. The van der Waals surface area contributed by atoms with Gasteiger partial charge in [0.15, 0.2) is 5.82 Å². The van der Waals surface area contributed by atoms with Crippen LogP contribution in [0.15, 0.2) is 60.7 Å². The van der Waals surface area contributed by atoms with Crippen molar-refractivity contribution in [2.24, 2.45) is 0 Å². The Kier molecular flexibility index (Phi) is 5.38. The Bertz CT molecular complexity index is 1280. The number of rotatable bonds is 4. The highest BCUT2D eigenvalue weighted by atomic mass is 19.1. The van der Waals surface area contributed by atoms with Gasteiger partial charge in [0.1, 0.15) is 5.82 Å². The summed E-state index contributed by atoms with van der Waals surface area (Å²) in [4.78, 5) is 17.5. The van der Waals surface area contributed by atoms with Gasteiger partial charge in [-0.2, -0.15) is 0 Å². The summed E-state index contributed by atoms with van der Waals surface area (Å²) in [6, 6.07) is 17.7. The predicted octanol–water partition coefficient (Wildman–Crippen LogP) is 5.56. The molecule has 0 spiro atoms. The minimum Gasteiger partial charge on any atom is -0.319 e. The molecule has 0 fully saturated rings. The summed E-state index contributed by atoms with van der Waals surface area (Å²) in [5, 5.41) is 7.44. The van der Waals surface area contributed by atoms with Crippen LogP contribution in [0.1, 0.15) is 32.9 Å². The number of nitrogens with zero attached hydrogens (tertiary/aromatic N) is 3. The maximum atomic E-state index is 13.5. The van der Waals surface area contributed by atoms with Crippen molar-refractivity contribution in [2.45, 2.75) is 27.7 Å². The third-order valence-electron chi connectivity index (χ3n) is 5.36. The van der Waals surface area contributed by atoms with Crippen LogP contribution in [0.2, 0.25) is 0 Å². The molecule has 4 rings (SSSR count). The Morgan fingerprint density at radius 3 is 2.42 bits per heavy atom. The lowest BCUT2D eigenvalue weighted by atomic mass is 10.1. The fourth-order valence-corrected chi connectivity index (χ4v) is 3.38. The average Bonchev–Trinajstić information content (AvgIpc) is 3.18. The first-order valence-corrected chi connectivity index (χ1v) is 10.0. The molecule has 0 unspecified atom stereocenters. The van der Waals surface area contributed by atoms with Crippen LogP contribution in [0.4, 0.5) is 10.1 Å². The third kappa shape index (κ3) is 4.10. The zero-order chi connectivity index (χ0) is 22.1. The number of hydrogen-bond donors (Lipinski definition) is 1. The molecule has 1 heterocycles. The molecule has 6 heteroatoms. The van der Waals surface area contributed by atoms with E-state index >= 15 is 0 Å². The molecular weight excluding hydrogens is 391 g/mol. The van der Waals surface area contributed by atoms with Crippen molar-refractivity contribution in [3.8, 4) is 17.1 Å². The lowest BCUT2D eigenvalue weighted by Gasteiger charge is -2.11. The van der Waals surface area contributed by atoms with Crippen LogP contribution in [-0.2, 0) is 0 Å². The number of aromatic nitrogens is 3. The first-order chi connectivity index (χ1) is 14.8. The fourth-order valence-electron chi connectivity index (χ4n) is 3.38. The molecule has 0 bridgehead atoms. The number of carbonyl (C=O) groups is 1. The van der Waals surface area contributed by atoms with Gasteiger partial charge in [0.25, 0.3) is 5.91 Å². The second-order valence-electron chi connectivity index (χ2n) is 7.67. The number of hydrogen-bond acceptors (Lipinski definition) is 3. The van der Waals surface area contributed by atoms with Gasteiger partial charge in [0.2, 0.25) is 5.82 Å². The van der Waals surface area contributed by atoms with Crippen molar-refractivity contribution in [1.82, 2.24) is 14.8 Å². The summed E-state index contributed by atoms with van der Waals surface area (Å²) in [5.74, 6) is -0.225. The average molecular weight is 414 g/mol. The van der Waals surface area contributed by atoms with Crippen molar-refractivity contribution in [3.05, 3.63) is 94.6 Å². The number of benzene rings is 3. The largest absolute Gasteiger partial charge is 0.319 e. The van der Waals surface area contributed by atoms with Crippen LogP contribution in [-0.4, -0.2) is 20.7 Å². The van der Waals surface area contributed by atoms with Gasteiger partial charge in [-0.25, -0.2) is 14.1 Å². The van der Waals surface area contributed by atoms with Gasteiger partial charge in [-0.3, -0.25) is 4.79 Å². The zero-order valence-electron chi connectivity index (χ0n) is 17.9. The number of aryl methyl sites for hydroxylation is 3. The van der Waals surface area contributed by atoms with E-state index in [1.807, 2.05) is 64.1 Å². The first-order valence-electron chi connectivity index (χ1n) is 10.0. The van der Waals surface area contributed by atoms with Gasteiger partial charge >= 0.3 is 0 Å². The minimum atomic E-state index is -0.402. The van der Waals surface area contributed by atoms with Crippen LogP contribution in [0.3, 0.4) is 0 Å². The second kappa shape index (κ2) is 8.14. The van der Waals surface area contributed by atoms with E-state index in [9.17, 15) is 9.18 Å². The van der Waals surface area contributed by atoms with Crippen LogP contribution in [0, 0.1) is 33.5 Å². The lowest BCUT2D eigenvalue weighted by molar-refractivity contribution is 0.101. The molecule has 0 aliphatic heterocycles. The second-order valence-corrected chi connectivity index (χ2v) is 7.67. The fraction of sp³-hybridized carbons (Fsp3) is 0.160. The van der Waals surface area contributed by atoms with Crippen molar-refractivity contribution in [1.29, 1.82) is 0 Å². The number of nitrogens with one attached hydrogen (secondary N) is 1. The van der Waals surface area contributed by atoms with E-state index in [0.717, 1.165) is 33.6 Å². The molecule has 5 nitrogen and oxygen atoms in total. The van der Waals surface area contributed by atoms with Crippen molar-refractivity contribution in [2.75, 3.05) is 5.32 Å². The Labute approximate surface area is 180 Å². The highest BCUT2D eigenvalue weighted by Gasteiger charge is 2.20. The summed E-state index contributed by atoms with van der Waals surface area (Å²) in [6.07, 6.45) is 0. The molecule has 0 atom stereocenters. The topological polar surface area (TPSA) is 59.8 Å². The van der Waals surface area contributed by atoms with E-state index in [1.54, 1.807) is 16.8 Å². The molecule has 1 aromatic heterocycles. The third-order valence-corrected chi connectivity index (χ3v) is 5.36. The summed E-state index contributed by atoms with van der Waals surface area (Å²) >= 11 is 0. The zero-order valence-corrected chi connectivity index (χ0v) is 17.9. The van der Waals surface area contributed by atoms with Crippen LogP contribution in [0.25, 0.3) is 17.1 Å². The molecule has 0 saturated heterocycles. The van der Waals surface area contributed by atoms with Crippen molar-refractivity contribution >= 4 is 11.6 Å². The minimum absolute atomic E-state index is 0.0427. The monoisotopic (exact) mass is 414 g/mol. The molecule has 0 aliphatic carbocycles. The van der Waals surface area contributed by atoms with Gasteiger partial charge in [-0.1, -0.05) is 24.3 Å². The number of anilines is 1. The first kappa shape index (κ1) is 20.5. The van der Waals surface area contributed by atoms with Crippen molar-refractivity contribution < 1.29 is 9.18 Å². The molecule has 0 aliphatic rings. The van der Waals surface area contributed by atoms with Gasteiger partial charge in [-0.15, -0.1) is 5.10 Å². The standard InChI is InChI=1S/C25H23FN4O/c1-15-8-9-17(3)21(14-15)27-25(31)23-28-24(19-10-12-20(26)13-11-19)30(29-23)22-7-5-6-16(2)18(22)4/h5-14H,1-4H3,(H,27,31). The quantitative estimate of drug-likeness (QED) is 0.476. The predicted molar refractivity (Wildman–Crippen MR) is 120 cm³/mol. The highest BCUT2D eigenvalue weighted by molar-refractivity contribution is 6.02. The molecular formula is C25H23FN4O. The van der Waals surface area contributed by atoms with Gasteiger partial charge in [0, 0.05) is 11.3 Å². The number of amides is 1. The SMILES string of the molecule is Cc1ccc(C)c(NC(=O)c2nc(-c3ccc(F)cc3)n(-c3cccc(C)c3C)n2)c1. The van der Waals surface area contributed by atoms with Gasteiger partial charge in [-0.05, 0) is 86.3 Å². The lowest BCUT2D eigenvalue weighted by Crippen LogP contribution is -2.15. The number of halogens is 1. The van der Waals surface area contributed by atoms with E-state index < -0.39 is 5.91 Å². The highest BCUT2D eigenvalue weighted by Crippen LogP contribution is 2.25. The molecule has 1 N–H and O–H groups in total. The summed E-state index contributed by atoms with van der Waals surface area (Å²) < 4.78 is 15.1. The smallest absolute Gasteiger partial charge is 0.295 e. The van der Waals surface area contributed by atoms with E-state index in [4.69, 9.17) is 0 Å². The van der Waals surface area contributed by atoms with Gasteiger partial charge in [0.05, 0.1) is 5.69 Å². The molecule has 1 amide bonds. The molecule has 3 aromatic carbocycles. The maximum Gasteiger partial charge on any atom is 0.295 e. The van der Waals surface area contributed by atoms with Gasteiger partial charge < -0.3 is 5.32 Å². The summed E-state index contributed by atoms with van der Waals surface area (Å²) in [7, 11) is 0. The number of carbonyl (C=O) groups excluding carboxylic acids is 1. The molecule has 31 heavy (non-hydrogen) atoms. The van der Waals surface area contributed by atoms with Crippen LogP contribution in [0.5, 0.6) is 0 Å². The Morgan fingerprint density at radius 2 is 1.68 bits per heavy atom. The Balaban J connectivity index is 1.81. The van der Waals surface area contributed by atoms with E-state index in [0.29, 0.717) is 11.4 Å². The maximum absolute atomic E-state index is 13.5. The Morgan fingerprint density at radius 1 is 0.935 bits per heavy atom. The molecule has 4 aromatic rings. The molecule has 0 saturated carbocycles. The van der Waals surface area contributed by atoms with Crippen LogP contribution >= 0.6 is 0 Å². The summed E-state index contributed by atoms with van der Waals surface area (Å²) in [6.45, 7) is 7.91. The molecule has 156 valence electrons. The van der Waals surface area contributed by atoms with E-state index in [-0.39, 0.29) is 11.6 Å². The normalized spacial score (nSPS) is 10.9.